The molecule has 0 fully saturated rings. The van der Waals surface area contributed by atoms with Crippen molar-refractivity contribution < 1.29 is 9.72 Å². The van der Waals surface area contributed by atoms with Gasteiger partial charge in [-0.05, 0) is 19.9 Å². The van der Waals surface area contributed by atoms with Crippen LogP contribution in [0.3, 0.4) is 0 Å². The van der Waals surface area contributed by atoms with Crippen molar-refractivity contribution in [2.24, 2.45) is 0 Å². The smallest absolute Gasteiger partial charge is 0.300 e. The minimum Gasteiger partial charge on any atom is -0.335 e. The molecule has 7 nitrogen and oxygen atoms in total. The van der Waals surface area contributed by atoms with Crippen molar-refractivity contribution in [3.8, 4) is 6.07 Å². The Morgan fingerprint density at radius 2 is 2.30 bits per heavy atom. The topological polar surface area (TPSA) is 100 Å². The lowest BCUT2D eigenvalue weighted by Gasteiger charge is -2.25. The predicted octanol–water partition coefficient (Wildman–Crippen LogP) is 2.41. The molecule has 0 saturated carbocycles. The Hall–Kier alpha value is -2.20. The van der Waals surface area contributed by atoms with Crippen LogP contribution < -0.4 is 0 Å². The highest BCUT2D eigenvalue weighted by Gasteiger charge is 2.27. The molecule has 0 aliphatic carbocycles. The molecule has 0 radical (unpaired) electrons. The van der Waals surface area contributed by atoms with Gasteiger partial charge in [0, 0.05) is 12.6 Å². The normalized spacial score (nSPS) is 10.2. The van der Waals surface area contributed by atoms with Crippen LogP contribution in [0.5, 0.6) is 0 Å². The third-order valence-corrected chi connectivity index (χ3v) is 2.83. The van der Waals surface area contributed by atoms with Crippen LogP contribution in [0.15, 0.2) is 12.3 Å². The minimum absolute atomic E-state index is 0.00272. The number of rotatable bonds is 5. The molecule has 0 aliphatic rings. The lowest BCUT2D eigenvalue weighted by atomic mass is 10.1. The van der Waals surface area contributed by atoms with Crippen LogP contribution in [-0.4, -0.2) is 33.3 Å². The van der Waals surface area contributed by atoms with Crippen LogP contribution >= 0.6 is 11.6 Å². The first kappa shape index (κ1) is 15.9. The van der Waals surface area contributed by atoms with Crippen LogP contribution in [-0.2, 0) is 0 Å². The van der Waals surface area contributed by atoms with Crippen LogP contribution in [0.1, 0.15) is 30.6 Å². The number of nitriles is 1. The molecule has 106 valence electrons. The Morgan fingerprint density at radius 1 is 1.65 bits per heavy atom. The fourth-order valence-electron chi connectivity index (χ4n) is 1.66. The first-order valence-corrected chi connectivity index (χ1v) is 6.24. The van der Waals surface area contributed by atoms with Gasteiger partial charge in [-0.3, -0.25) is 14.9 Å². The van der Waals surface area contributed by atoms with Gasteiger partial charge >= 0.3 is 0 Å². The molecule has 1 aromatic rings. The summed E-state index contributed by atoms with van der Waals surface area (Å²) in [5, 5.41) is 19.6. The van der Waals surface area contributed by atoms with E-state index < -0.39 is 16.5 Å². The molecule has 1 amide bonds. The van der Waals surface area contributed by atoms with Gasteiger partial charge in [0.25, 0.3) is 11.6 Å². The molecule has 1 rings (SSSR count). The second kappa shape index (κ2) is 6.82. The van der Waals surface area contributed by atoms with Gasteiger partial charge in [-0.1, -0.05) is 11.6 Å². The molecule has 0 aliphatic heterocycles. The average molecular weight is 297 g/mol. The van der Waals surface area contributed by atoms with E-state index in [1.165, 1.54) is 11.0 Å². The van der Waals surface area contributed by atoms with Gasteiger partial charge in [-0.25, -0.2) is 4.98 Å². The van der Waals surface area contributed by atoms with E-state index in [4.69, 9.17) is 16.9 Å². The number of pyridine rings is 1. The van der Waals surface area contributed by atoms with Crippen LogP contribution in [0, 0.1) is 21.4 Å². The summed E-state index contributed by atoms with van der Waals surface area (Å²) in [6, 6.07) is 2.92. The molecular formula is C12H13ClN4O3. The van der Waals surface area contributed by atoms with E-state index in [0.717, 1.165) is 6.20 Å². The van der Waals surface area contributed by atoms with Gasteiger partial charge in [-0.2, -0.15) is 5.26 Å². The Morgan fingerprint density at radius 3 is 2.80 bits per heavy atom. The third-order valence-electron chi connectivity index (χ3n) is 2.63. The molecule has 1 aromatic heterocycles. The number of aromatic nitrogens is 1. The van der Waals surface area contributed by atoms with Gasteiger partial charge in [0.15, 0.2) is 0 Å². The molecule has 20 heavy (non-hydrogen) atoms. The molecule has 0 spiro atoms. The van der Waals surface area contributed by atoms with E-state index in [9.17, 15) is 14.9 Å². The number of carbonyl (C=O) groups excluding carboxylic acids is 1. The number of amides is 1. The zero-order chi connectivity index (χ0) is 15.3. The van der Waals surface area contributed by atoms with E-state index >= 15 is 0 Å². The van der Waals surface area contributed by atoms with E-state index in [1.54, 1.807) is 13.8 Å². The Kier molecular flexibility index (Phi) is 5.41. The second-order valence-corrected chi connectivity index (χ2v) is 4.67. The number of nitro groups is 1. The fraction of sp³-hybridized carbons (Fsp3) is 0.417. The number of hydrogen-bond acceptors (Lipinski definition) is 5. The highest BCUT2D eigenvalue weighted by molar-refractivity contribution is 6.29. The van der Waals surface area contributed by atoms with Crippen molar-refractivity contribution in [2.75, 3.05) is 6.54 Å². The van der Waals surface area contributed by atoms with E-state index in [1.807, 2.05) is 6.07 Å². The van der Waals surface area contributed by atoms with Gasteiger partial charge in [0.2, 0.25) is 0 Å². The van der Waals surface area contributed by atoms with E-state index in [2.05, 4.69) is 4.98 Å². The molecule has 8 heteroatoms. The highest BCUT2D eigenvalue weighted by atomic mass is 35.5. The Balaban J connectivity index is 3.20. The number of hydrogen-bond donors (Lipinski definition) is 0. The van der Waals surface area contributed by atoms with E-state index in [0.29, 0.717) is 0 Å². The molecule has 0 N–H and O–H groups in total. The van der Waals surface area contributed by atoms with Crippen molar-refractivity contribution in [2.45, 2.75) is 26.3 Å². The molecular weight excluding hydrogens is 284 g/mol. The SMILES string of the molecule is CC(C)N(CCC#N)C(=O)c1cc(Cl)ncc1[N+](=O)[O-]. The summed E-state index contributed by atoms with van der Waals surface area (Å²) >= 11 is 5.70. The first-order valence-electron chi connectivity index (χ1n) is 5.86. The molecule has 1 heterocycles. The van der Waals surface area contributed by atoms with Crippen LogP contribution in [0.25, 0.3) is 0 Å². The van der Waals surface area contributed by atoms with Crippen molar-refractivity contribution in [1.82, 2.24) is 9.88 Å². The summed E-state index contributed by atoms with van der Waals surface area (Å²) in [6.45, 7) is 3.73. The summed E-state index contributed by atoms with van der Waals surface area (Å²) in [7, 11) is 0. The zero-order valence-corrected chi connectivity index (χ0v) is 11.8. The number of halogens is 1. The predicted molar refractivity (Wildman–Crippen MR) is 72.3 cm³/mol. The van der Waals surface area contributed by atoms with Crippen molar-refractivity contribution in [1.29, 1.82) is 5.26 Å². The van der Waals surface area contributed by atoms with Crippen LogP contribution in [0.2, 0.25) is 5.15 Å². The second-order valence-electron chi connectivity index (χ2n) is 4.28. The Bertz CT molecular complexity index is 568. The van der Waals surface area contributed by atoms with Crippen molar-refractivity contribution in [3.63, 3.8) is 0 Å². The number of carbonyl (C=O) groups is 1. The van der Waals surface area contributed by atoms with Crippen molar-refractivity contribution >= 4 is 23.2 Å². The maximum Gasteiger partial charge on any atom is 0.300 e. The Labute approximate surface area is 120 Å². The van der Waals surface area contributed by atoms with Crippen molar-refractivity contribution in [3.05, 3.63) is 33.1 Å². The van der Waals surface area contributed by atoms with E-state index in [-0.39, 0.29) is 29.7 Å². The molecule has 0 atom stereocenters. The summed E-state index contributed by atoms with van der Waals surface area (Å²) in [5.41, 5.74) is -0.524. The summed E-state index contributed by atoms with van der Waals surface area (Å²) < 4.78 is 0. The maximum atomic E-state index is 12.4. The summed E-state index contributed by atoms with van der Waals surface area (Å²) in [5.74, 6) is -0.536. The molecule has 0 bridgehead atoms. The van der Waals surface area contributed by atoms with Gasteiger partial charge in [-0.15, -0.1) is 0 Å². The van der Waals surface area contributed by atoms with Crippen LogP contribution in [0.4, 0.5) is 5.69 Å². The first-order chi connectivity index (χ1) is 9.38. The minimum atomic E-state index is -0.681. The maximum absolute atomic E-state index is 12.4. The zero-order valence-electron chi connectivity index (χ0n) is 11.0. The summed E-state index contributed by atoms with van der Waals surface area (Å²) in [4.78, 5) is 27.7. The fourth-order valence-corrected chi connectivity index (χ4v) is 1.82. The quantitative estimate of drug-likeness (QED) is 0.472. The average Bonchev–Trinajstić information content (AvgIpc) is 2.38. The van der Waals surface area contributed by atoms with Gasteiger partial charge < -0.3 is 4.90 Å². The highest BCUT2D eigenvalue weighted by Crippen LogP contribution is 2.23. The standard InChI is InChI=1S/C12H13ClN4O3/c1-8(2)16(5-3-4-14)12(18)9-6-11(13)15-7-10(9)17(19)20/h6-8H,3,5H2,1-2H3. The lowest BCUT2D eigenvalue weighted by molar-refractivity contribution is -0.385. The lowest BCUT2D eigenvalue weighted by Crippen LogP contribution is -2.38. The largest absolute Gasteiger partial charge is 0.335 e. The third kappa shape index (κ3) is 3.65. The molecule has 0 unspecified atom stereocenters. The number of nitrogens with zero attached hydrogens (tertiary/aromatic N) is 4. The molecule has 0 aromatic carbocycles. The monoisotopic (exact) mass is 296 g/mol. The summed E-state index contributed by atoms with van der Waals surface area (Å²) in [6.07, 6.45) is 1.11. The van der Waals surface area contributed by atoms with Gasteiger partial charge in [0.1, 0.15) is 16.9 Å². The molecule has 0 saturated heterocycles. The van der Waals surface area contributed by atoms with Gasteiger partial charge in [0.05, 0.1) is 17.4 Å².